The molecular formula is C18H27NO4S. The molecule has 0 unspecified atom stereocenters. The smallest absolute Gasteiger partial charge is 0.307 e. The summed E-state index contributed by atoms with van der Waals surface area (Å²) in [5, 5.41) is 0. The number of sulfonamides is 1. The molecule has 1 aliphatic heterocycles. The number of rotatable bonds is 4. The fraction of sp³-hybridized carbons (Fsp3) is 0.611. The third-order valence-corrected chi connectivity index (χ3v) is 6.78. The Kier molecular flexibility index (Phi) is 5.40. The highest BCUT2D eigenvalue weighted by Crippen LogP contribution is 2.42. The first-order valence-corrected chi connectivity index (χ1v) is 9.66. The van der Waals surface area contributed by atoms with Crippen LogP contribution in [0.3, 0.4) is 0 Å². The lowest BCUT2D eigenvalue weighted by molar-refractivity contribution is -0.142. The van der Waals surface area contributed by atoms with Crippen molar-refractivity contribution >= 4 is 16.0 Å². The maximum absolute atomic E-state index is 13.1. The zero-order chi connectivity index (χ0) is 18.1. The van der Waals surface area contributed by atoms with Gasteiger partial charge in [0.1, 0.15) is 0 Å². The second kappa shape index (κ2) is 6.84. The van der Waals surface area contributed by atoms with Crippen LogP contribution >= 0.6 is 0 Å². The first-order valence-electron chi connectivity index (χ1n) is 8.22. The van der Waals surface area contributed by atoms with Crippen LogP contribution in [0.25, 0.3) is 0 Å². The van der Waals surface area contributed by atoms with Crippen LogP contribution < -0.4 is 0 Å². The Balaban J connectivity index is 2.39. The van der Waals surface area contributed by atoms with E-state index >= 15 is 0 Å². The first kappa shape index (κ1) is 18.9. The number of esters is 1. The number of aryl methyl sites for hydroxylation is 1. The molecule has 2 rings (SSSR count). The third kappa shape index (κ3) is 3.81. The number of carbonyl (C=O) groups excluding carboxylic acids is 1. The third-order valence-electron chi connectivity index (χ3n) is 4.84. The van der Waals surface area contributed by atoms with Gasteiger partial charge in [-0.15, -0.1) is 0 Å². The van der Waals surface area contributed by atoms with E-state index in [-0.39, 0.29) is 34.7 Å². The van der Waals surface area contributed by atoms with Crippen LogP contribution in [0.2, 0.25) is 0 Å². The number of methoxy groups -OCH3 is 1. The molecule has 0 spiro atoms. The van der Waals surface area contributed by atoms with Gasteiger partial charge in [-0.25, -0.2) is 8.42 Å². The number of ether oxygens (including phenoxy) is 1. The Hall–Kier alpha value is -1.40. The van der Waals surface area contributed by atoms with E-state index < -0.39 is 10.0 Å². The zero-order valence-corrected chi connectivity index (χ0v) is 15.9. The van der Waals surface area contributed by atoms with E-state index in [4.69, 9.17) is 4.74 Å². The van der Waals surface area contributed by atoms with Crippen molar-refractivity contribution < 1.29 is 17.9 Å². The van der Waals surface area contributed by atoms with Gasteiger partial charge in [0.05, 0.1) is 18.4 Å². The monoisotopic (exact) mass is 353 g/mol. The summed E-state index contributed by atoms with van der Waals surface area (Å²) < 4.78 is 32.4. The predicted molar refractivity (Wildman–Crippen MR) is 93.1 cm³/mol. The summed E-state index contributed by atoms with van der Waals surface area (Å²) in [4.78, 5) is 12.1. The minimum atomic E-state index is -3.63. The molecule has 1 aromatic rings. The molecule has 134 valence electrons. The van der Waals surface area contributed by atoms with Crippen LogP contribution in [0.5, 0.6) is 0 Å². The van der Waals surface area contributed by atoms with Crippen molar-refractivity contribution in [1.82, 2.24) is 4.31 Å². The predicted octanol–water partition coefficient (Wildman–Crippen LogP) is 2.98. The number of hydrogen-bond donors (Lipinski definition) is 0. The molecule has 0 aliphatic carbocycles. The van der Waals surface area contributed by atoms with Gasteiger partial charge in [0.15, 0.2) is 0 Å². The maximum atomic E-state index is 13.1. The minimum Gasteiger partial charge on any atom is -0.469 e. The Labute approximate surface area is 145 Å². The van der Waals surface area contributed by atoms with E-state index in [9.17, 15) is 13.2 Å². The summed E-state index contributed by atoms with van der Waals surface area (Å²) in [6.07, 6.45) is 0.833. The van der Waals surface area contributed by atoms with Crippen molar-refractivity contribution in [3.63, 3.8) is 0 Å². The number of hydrogen-bond acceptors (Lipinski definition) is 4. The largest absolute Gasteiger partial charge is 0.469 e. The van der Waals surface area contributed by atoms with Crippen molar-refractivity contribution in [2.75, 3.05) is 13.7 Å². The Morgan fingerprint density at radius 3 is 2.33 bits per heavy atom. The highest BCUT2D eigenvalue weighted by Gasteiger charge is 2.46. The quantitative estimate of drug-likeness (QED) is 0.781. The molecular weight excluding hydrogens is 326 g/mol. The van der Waals surface area contributed by atoms with E-state index in [0.29, 0.717) is 6.54 Å². The SMILES string of the molecule is COC(=O)C[C@@H]1[C@@H](C(C)(C)C)CCN1S(=O)(=O)c1ccc(C)cc1. The molecule has 24 heavy (non-hydrogen) atoms. The fourth-order valence-corrected chi connectivity index (χ4v) is 5.15. The number of benzene rings is 1. The van der Waals surface area contributed by atoms with Gasteiger partial charge in [-0.05, 0) is 36.8 Å². The normalized spacial score (nSPS) is 22.5. The molecule has 0 N–H and O–H groups in total. The molecule has 1 saturated heterocycles. The van der Waals surface area contributed by atoms with Crippen LogP contribution in [-0.4, -0.2) is 38.4 Å². The lowest BCUT2D eigenvalue weighted by atomic mass is 9.75. The van der Waals surface area contributed by atoms with Gasteiger partial charge in [-0.3, -0.25) is 4.79 Å². The molecule has 0 radical (unpaired) electrons. The highest BCUT2D eigenvalue weighted by molar-refractivity contribution is 7.89. The Bertz CT molecular complexity index is 689. The van der Waals surface area contributed by atoms with Crippen LogP contribution in [0.15, 0.2) is 29.2 Å². The molecule has 0 bridgehead atoms. The topological polar surface area (TPSA) is 63.7 Å². The van der Waals surface area contributed by atoms with Gasteiger partial charge in [0.2, 0.25) is 10.0 Å². The van der Waals surface area contributed by atoms with Crippen LogP contribution in [0, 0.1) is 18.3 Å². The maximum Gasteiger partial charge on any atom is 0.307 e. The van der Waals surface area contributed by atoms with E-state index in [2.05, 4.69) is 20.8 Å². The Morgan fingerprint density at radius 1 is 1.25 bits per heavy atom. The van der Waals surface area contributed by atoms with Crippen molar-refractivity contribution in [3.05, 3.63) is 29.8 Å². The summed E-state index contributed by atoms with van der Waals surface area (Å²) in [6, 6.07) is 6.47. The lowest BCUT2D eigenvalue weighted by Gasteiger charge is -2.34. The van der Waals surface area contributed by atoms with E-state index in [1.165, 1.54) is 11.4 Å². The molecule has 2 atom stereocenters. The summed E-state index contributed by atoms with van der Waals surface area (Å²) in [5.74, 6) is -0.267. The molecule has 5 nitrogen and oxygen atoms in total. The van der Waals surface area contributed by atoms with E-state index in [1.54, 1.807) is 24.3 Å². The molecule has 0 aromatic heterocycles. The molecule has 0 amide bonds. The first-order chi connectivity index (χ1) is 11.1. The number of nitrogens with zero attached hydrogens (tertiary/aromatic N) is 1. The summed E-state index contributed by atoms with van der Waals surface area (Å²) in [7, 11) is -2.29. The van der Waals surface area contributed by atoms with Crippen molar-refractivity contribution in [3.8, 4) is 0 Å². The molecule has 0 saturated carbocycles. The van der Waals surface area contributed by atoms with Gasteiger partial charge in [0, 0.05) is 12.6 Å². The van der Waals surface area contributed by atoms with Crippen molar-refractivity contribution in [2.45, 2.75) is 51.5 Å². The molecule has 1 aromatic carbocycles. The zero-order valence-electron chi connectivity index (χ0n) is 15.1. The average Bonchev–Trinajstić information content (AvgIpc) is 2.92. The van der Waals surface area contributed by atoms with Gasteiger partial charge >= 0.3 is 5.97 Å². The molecule has 1 fully saturated rings. The van der Waals surface area contributed by atoms with E-state index in [0.717, 1.165) is 12.0 Å². The van der Waals surface area contributed by atoms with E-state index in [1.807, 2.05) is 6.92 Å². The molecule has 1 aliphatic rings. The standard InChI is InChI=1S/C18H27NO4S/c1-13-6-8-14(9-7-13)24(21,22)19-11-10-15(18(2,3)4)16(19)12-17(20)23-5/h6-9,15-16H,10-12H2,1-5H3/t15-,16+/m0/s1. The second-order valence-corrected chi connectivity index (χ2v) is 9.43. The summed E-state index contributed by atoms with van der Waals surface area (Å²) in [5.41, 5.74) is 0.921. The molecule has 6 heteroatoms. The lowest BCUT2D eigenvalue weighted by Crippen LogP contribution is -2.42. The van der Waals surface area contributed by atoms with Crippen LogP contribution in [-0.2, 0) is 19.6 Å². The second-order valence-electron chi connectivity index (χ2n) is 7.54. The molecule has 1 heterocycles. The van der Waals surface area contributed by atoms with Gasteiger partial charge < -0.3 is 4.74 Å². The van der Waals surface area contributed by atoms with Gasteiger partial charge in [-0.1, -0.05) is 38.5 Å². The Morgan fingerprint density at radius 2 is 1.83 bits per heavy atom. The van der Waals surface area contributed by atoms with Crippen molar-refractivity contribution in [2.24, 2.45) is 11.3 Å². The van der Waals surface area contributed by atoms with Gasteiger partial charge in [0.25, 0.3) is 0 Å². The van der Waals surface area contributed by atoms with Crippen LogP contribution in [0.1, 0.15) is 39.2 Å². The van der Waals surface area contributed by atoms with Gasteiger partial charge in [-0.2, -0.15) is 4.31 Å². The number of carbonyl (C=O) groups is 1. The fourth-order valence-electron chi connectivity index (χ4n) is 3.48. The highest BCUT2D eigenvalue weighted by atomic mass is 32.2. The van der Waals surface area contributed by atoms with Crippen molar-refractivity contribution in [1.29, 1.82) is 0 Å². The average molecular weight is 353 g/mol. The summed E-state index contributed by atoms with van der Waals surface area (Å²) >= 11 is 0. The minimum absolute atomic E-state index is 0.0868. The summed E-state index contributed by atoms with van der Waals surface area (Å²) in [6.45, 7) is 8.61. The van der Waals surface area contributed by atoms with Crippen LogP contribution in [0.4, 0.5) is 0 Å².